The smallest absolute Gasteiger partial charge is 0.331 e. The maximum atomic E-state index is 11.7. The highest BCUT2D eigenvalue weighted by atomic mass is 32.1. The van der Waals surface area contributed by atoms with Gasteiger partial charge in [0.1, 0.15) is 6.07 Å². The van der Waals surface area contributed by atoms with Crippen LogP contribution in [0.4, 0.5) is 0 Å². The average Bonchev–Trinajstić information content (AvgIpc) is 3.24. The number of methoxy groups -OCH3 is 1. The number of hydrogen-bond donors (Lipinski definition) is 1. The molecule has 0 atom stereocenters. The highest BCUT2D eigenvalue weighted by molar-refractivity contribution is 7.12. The average molecular weight is 400 g/mol. The van der Waals surface area contributed by atoms with E-state index in [0.717, 1.165) is 6.08 Å². The van der Waals surface area contributed by atoms with E-state index in [4.69, 9.17) is 19.5 Å². The van der Waals surface area contributed by atoms with Gasteiger partial charge in [-0.2, -0.15) is 5.26 Å². The van der Waals surface area contributed by atoms with Crippen LogP contribution in [0.15, 0.2) is 41.8 Å². The summed E-state index contributed by atoms with van der Waals surface area (Å²) in [5, 5.41) is 12.4. The zero-order chi connectivity index (χ0) is 20.4. The van der Waals surface area contributed by atoms with Crippen LogP contribution in [0.25, 0.3) is 6.08 Å². The van der Waals surface area contributed by atoms with Crippen molar-refractivity contribution in [3.05, 3.63) is 52.2 Å². The molecule has 9 heteroatoms. The predicted octanol–water partition coefficient (Wildman–Crippen LogP) is 2.17. The van der Waals surface area contributed by atoms with Crippen molar-refractivity contribution in [3.63, 3.8) is 0 Å². The molecule has 0 radical (unpaired) electrons. The van der Waals surface area contributed by atoms with E-state index in [2.05, 4.69) is 5.32 Å². The molecule has 1 heterocycles. The minimum atomic E-state index is -0.748. The van der Waals surface area contributed by atoms with Crippen molar-refractivity contribution in [3.8, 4) is 17.6 Å². The first kappa shape index (κ1) is 20.7. The zero-order valence-corrected chi connectivity index (χ0v) is 15.7. The molecule has 1 aromatic carbocycles. The molecule has 0 aliphatic carbocycles. The number of amides is 2. The van der Waals surface area contributed by atoms with Crippen LogP contribution in [-0.4, -0.2) is 38.1 Å². The second kappa shape index (κ2) is 10.5. The summed E-state index contributed by atoms with van der Waals surface area (Å²) < 4.78 is 15.2. The van der Waals surface area contributed by atoms with Crippen molar-refractivity contribution in [2.45, 2.75) is 0 Å². The number of hydrogen-bond acceptors (Lipinski definition) is 8. The topological polar surface area (TPSA) is 115 Å². The summed E-state index contributed by atoms with van der Waals surface area (Å²) in [5.74, 6) is -1.21. The molecule has 0 saturated carbocycles. The quantitative estimate of drug-likeness (QED) is 0.533. The Morgan fingerprint density at radius 2 is 2.07 bits per heavy atom. The Hall–Kier alpha value is -3.64. The second-order valence-electron chi connectivity index (χ2n) is 5.15. The fourth-order valence-corrected chi connectivity index (χ4v) is 2.62. The van der Waals surface area contributed by atoms with Crippen molar-refractivity contribution in [1.82, 2.24) is 5.32 Å². The highest BCUT2D eigenvalue weighted by Gasteiger charge is 2.12. The molecule has 0 spiro atoms. The molecule has 28 heavy (non-hydrogen) atoms. The zero-order valence-electron chi connectivity index (χ0n) is 14.8. The van der Waals surface area contributed by atoms with Crippen LogP contribution in [0.5, 0.6) is 11.5 Å². The van der Waals surface area contributed by atoms with E-state index in [1.54, 1.807) is 35.7 Å². The van der Waals surface area contributed by atoms with Gasteiger partial charge in [-0.3, -0.25) is 14.9 Å². The van der Waals surface area contributed by atoms with Crippen LogP contribution in [0.3, 0.4) is 0 Å². The summed E-state index contributed by atoms with van der Waals surface area (Å²) in [7, 11) is 1.45. The number of nitrogens with zero attached hydrogens (tertiary/aromatic N) is 1. The number of nitriles is 1. The van der Waals surface area contributed by atoms with Gasteiger partial charge in [0, 0.05) is 6.08 Å². The van der Waals surface area contributed by atoms with Gasteiger partial charge in [0.15, 0.2) is 24.7 Å². The molecule has 0 bridgehead atoms. The lowest BCUT2D eigenvalue weighted by atomic mass is 10.2. The summed E-state index contributed by atoms with van der Waals surface area (Å²) >= 11 is 1.19. The number of imide groups is 1. The third-order valence-electron chi connectivity index (χ3n) is 3.24. The number of carbonyl (C=O) groups is 3. The number of carbonyl (C=O) groups excluding carboxylic acids is 3. The summed E-state index contributed by atoms with van der Waals surface area (Å²) in [6, 6.07) is 10.00. The number of nitrogens with one attached hydrogen (secondary N) is 1. The number of esters is 1. The second-order valence-corrected chi connectivity index (χ2v) is 6.10. The molecule has 1 aromatic heterocycles. The Bertz CT molecular complexity index is 915. The molecule has 8 nitrogen and oxygen atoms in total. The fourth-order valence-electron chi connectivity index (χ4n) is 2.00. The predicted molar refractivity (Wildman–Crippen MR) is 101 cm³/mol. The lowest BCUT2D eigenvalue weighted by Crippen LogP contribution is -2.33. The monoisotopic (exact) mass is 400 g/mol. The van der Waals surface area contributed by atoms with Crippen molar-refractivity contribution in [1.29, 1.82) is 5.26 Å². The van der Waals surface area contributed by atoms with Gasteiger partial charge in [0.2, 0.25) is 0 Å². The molecule has 0 aliphatic rings. The number of benzene rings is 1. The standard InChI is InChI=1S/C19H16N2O6S/c1-25-15-11-13(4-6-14(15)26-9-8-20)5-7-18(23)27-12-17(22)21-19(24)16-3-2-10-28-16/h2-7,10-11H,9,12H2,1H3,(H,21,22,24)/b7-5+. The lowest BCUT2D eigenvalue weighted by Gasteiger charge is -2.08. The molecule has 1 N–H and O–H groups in total. The van der Waals surface area contributed by atoms with Crippen LogP contribution < -0.4 is 14.8 Å². The molecule has 144 valence electrons. The minimum absolute atomic E-state index is 0.116. The number of ether oxygens (including phenoxy) is 3. The van der Waals surface area contributed by atoms with Gasteiger partial charge in [0.25, 0.3) is 11.8 Å². The Kier molecular flexibility index (Phi) is 7.75. The van der Waals surface area contributed by atoms with Gasteiger partial charge in [-0.25, -0.2) is 4.79 Å². The molecule has 0 unspecified atom stereocenters. The van der Waals surface area contributed by atoms with E-state index in [1.807, 2.05) is 6.07 Å². The largest absolute Gasteiger partial charge is 0.493 e. The van der Waals surface area contributed by atoms with Crippen LogP contribution in [0, 0.1) is 11.3 Å². The van der Waals surface area contributed by atoms with Crippen molar-refractivity contribution in [2.75, 3.05) is 20.3 Å². The van der Waals surface area contributed by atoms with E-state index >= 15 is 0 Å². The molecule has 2 aromatic rings. The van der Waals surface area contributed by atoms with Crippen LogP contribution in [0.2, 0.25) is 0 Å². The molecule has 0 fully saturated rings. The van der Waals surface area contributed by atoms with E-state index in [1.165, 1.54) is 24.5 Å². The summed E-state index contributed by atoms with van der Waals surface area (Å²) in [6.45, 7) is -0.695. The van der Waals surface area contributed by atoms with Crippen molar-refractivity contribution >= 4 is 35.2 Å². The van der Waals surface area contributed by atoms with E-state index in [9.17, 15) is 14.4 Å². The Morgan fingerprint density at radius 3 is 2.75 bits per heavy atom. The molecule has 2 rings (SSSR count). The first-order valence-electron chi connectivity index (χ1n) is 7.93. The molecule has 2 amide bonds. The first-order chi connectivity index (χ1) is 13.5. The van der Waals surface area contributed by atoms with Crippen LogP contribution in [0.1, 0.15) is 15.2 Å². The molecular weight excluding hydrogens is 384 g/mol. The Labute approximate surface area is 164 Å². The molecular formula is C19H16N2O6S. The van der Waals surface area contributed by atoms with Crippen LogP contribution in [-0.2, 0) is 14.3 Å². The minimum Gasteiger partial charge on any atom is -0.493 e. The molecule has 0 aliphatic heterocycles. The summed E-state index contributed by atoms with van der Waals surface area (Å²) in [4.78, 5) is 35.5. The van der Waals surface area contributed by atoms with E-state index in [0.29, 0.717) is 21.9 Å². The fraction of sp³-hybridized carbons (Fsp3) is 0.158. The molecule has 0 saturated heterocycles. The van der Waals surface area contributed by atoms with Gasteiger partial charge in [0.05, 0.1) is 12.0 Å². The SMILES string of the molecule is COc1cc(/C=C/C(=O)OCC(=O)NC(=O)c2cccs2)ccc1OCC#N. The Balaban J connectivity index is 1.85. The summed E-state index contributed by atoms with van der Waals surface area (Å²) in [6.07, 6.45) is 2.60. The Morgan fingerprint density at radius 1 is 1.25 bits per heavy atom. The maximum absolute atomic E-state index is 11.7. The van der Waals surface area contributed by atoms with E-state index < -0.39 is 24.4 Å². The summed E-state index contributed by atoms with van der Waals surface area (Å²) in [5.41, 5.74) is 0.621. The normalized spacial score (nSPS) is 10.1. The lowest BCUT2D eigenvalue weighted by molar-refractivity contribution is -0.143. The highest BCUT2D eigenvalue weighted by Crippen LogP contribution is 2.28. The van der Waals surface area contributed by atoms with Gasteiger partial charge < -0.3 is 14.2 Å². The van der Waals surface area contributed by atoms with Gasteiger partial charge in [-0.1, -0.05) is 12.1 Å². The van der Waals surface area contributed by atoms with Crippen LogP contribution >= 0.6 is 11.3 Å². The number of thiophene rings is 1. The van der Waals surface area contributed by atoms with Crippen molar-refractivity contribution < 1.29 is 28.6 Å². The van der Waals surface area contributed by atoms with Gasteiger partial charge >= 0.3 is 5.97 Å². The van der Waals surface area contributed by atoms with Gasteiger partial charge in [-0.05, 0) is 35.2 Å². The maximum Gasteiger partial charge on any atom is 0.331 e. The third kappa shape index (κ3) is 6.26. The van der Waals surface area contributed by atoms with E-state index in [-0.39, 0.29) is 6.61 Å². The third-order valence-corrected chi connectivity index (χ3v) is 4.10. The first-order valence-corrected chi connectivity index (χ1v) is 8.81. The van der Waals surface area contributed by atoms with Gasteiger partial charge in [-0.15, -0.1) is 11.3 Å². The van der Waals surface area contributed by atoms with Crippen molar-refractivity contribution in [2.24, 2.45) is 0 Å². The number of rotatable bonds is 8.